The SMILES string of the molecule is O=C(O)OC1C=CCn2c(=O)n(CS)c(=O)n21. The first-order valence-corrected chi connectivity index (χ1v) is 5.28. The minimum atomic E-state index is -1.52. The lowest BCUT2D eigenvalue weighted by Gasteiger charge is -2.18. The lowest BCUT2D eigenvalue weighted by molar-refractivity contribution is 0.0257. The summed E-state index contributed by atoms with van der Waals surface area (Å²) >= 11 is 3.87. The van der Waals surface area contributed by atoms with Gasteiger partial charge in [-0.15, -0.1) is 0 Å². The number of nitrogens with zero attached hydrogens (tertiary/aromatic N) is 3. The molecule has 0 spiro atoms. The predicted octanol–water partition coefficient (Wildman–Crippen LogP) is -0.538. The summed E-state index contributed by atoms with van der Waals surface area (Å²) in [4.78, 5) is 34.0. The topological polar surface area (TPSA) is 95.5 Å². The molecule has 1 aliphatic heterocycles. The maximum atomic E-state index is 11.8. The van der Waals surface area contributed by atoms with E-state index in [0.29, 0.717) is 0 Å². The molecule has 2 rings (SSSR count). The maximum Gasteiger partial charge on any atom is 0.508 e. The smallest absolute Gasteiger partial charge is 0.450 e. The molecule has 0 saturated heterocycles. The molecule has 1 aromatic rings. The van der Waals surface area contributed by atoms with E-state index in [9.17, 15) is 14.4 Å². The van der Waals surface area contributed by atoms with Crippen LogP contribution in [0, 0.1) is 0 Å². The second-order valence-electron chi connectivity index (χ2n) is 3.26. The molecule has 9 heteroatoms. The molecule has 1 aliphatic rings. The van der Waals surface area contributed by atoms with E-state index < -0.39 is 23.8 Å². The van der Waals surface area contributed by atoms with Gasteiger partial charge in [0.2, 0.25) is 6.23 Å². The van der Waals surface area contributed by atoms with Crippen LogP contribution < -0.4 is 11.4 Å². The Morgan fingerprint density at radius 1 is 1.53 bits per heavy atom. The molecular weight excluding hydrogens is 250 g/mol. The molecule has 0 fully saturated rings. The Bertz CT molecular complexity index is 595. The third-order valence-corrected chi connectivity index (χ3v) is 2.60. The summed E-state index contributed by atoms with van der Waals surface area (Å²) in [6.45, 7) is 0.189. The van der Waals surface area contributed by atoms with Crippen molar-refractivity contribution in [2.45, 2.75) is 18.6 Å². The van der Waals surface area contributed by atoms with Gasteiger partial charge in [0.15, 0.2) is 0 Å². The molecule has 0 amide bonds. The molecule has 17 heavy (non-hydrogen) atoms. The number of carbonyl (C=O) groups is 1. The van der Waals surface area contributed by atoms with Gasteiger partial charge in [-0.25, -0.2) is 23.6 Å². The number of rotatable bonds is 2. The van der Waals surface area contributed by atoms with Gasteiger partial charge in [-0.2, -0.15) is 17.3 Å². The molecule has 2 heterocycles. The number of hydrogen-bond acceptors (Lipinski definition) is 5. The van der Waals surface area contributed by atoms with E-state index in [-0.39, 0.29) is 12.4 Å². The van der Waals surface area contributed by atoms with Crippen molar-refractivity contribution in [3.63, 3.8) is 0 Å². The average molecular weight is 259 g/mol. The number of aromatic nitrogens is 3. The van der Waals surface area contributed by atoms with Crippen molar-refractivity contribution in [3.05, 3.63) is 33.1 Å². The Hall–Kier alpha value is -1.90. The molecule has 1 aromatic heterocycles. The minimum Gasteiger partial charge on any atom is -0.450 e. The average Bonchev–Trinajstić information content (AvgIpc) is 2.52. The lowest BCUT2D eigenvalue weighted by atomic mass is 10.4. The first-order valence-electron chi connectivity index (χ1n) is 4.65. The molecule has 0 saturated carbocycles. The third-order valence-electron chi connectivity index (χ3n) is 2.32. The van der Waals surface area contributed by atoms with E-state index in [1.165, 1.54) is 6.08 Å². The standard InChI is InChI=1S/C8H9N3O5S/c12-6-9(4-17)7(13)11-5(16-8(14)15)2-1-3-10(6)11/h1-2,5,17H,3-4H2,(H,14,15). The second-order valence-corrected chi connectivity index (χ2v) is 3.55. The Morgan fingerprint density at radius 3 is 2.82 bits per heavy atom. The molecule has 1 N–H and O–H groups in total. The van der Waals surface area contributed by atoms with Gasteiger partial charge in [0, 0.05) is 0 Å². The van der Waals surface area contributed by atoms with Gasteiger partial charge in [0.05, 0.1) is 12.4 Å². The monoisotopic (exact) mass is 259 g/mol. The fraction of sp³-hybridized carbons (Fsp3) is 0.375. The summed E-state index contributed by atoms with van der Waals surface area (Å²) in [5.41, 5.74) is -1.20. The second kappa shape index (κ2) is 4.17. The number of thiol groups is 1. The molecule has 92 valence electrons. The minimum absolute atomic E-state index is 0.0789. The zero-order valence-electron chi connectivity index (χ0n) is 8.52. The van der Waals surface area contributed by atoms with E-state index in [1.807, 2.05) is 0 Å². The van der Waals surface area contributed by atoms with Gasteiger partial charge in [-0.1, -0.05) is 6.08 Å². The van der Waals surface area contributed by atoms with Crippen molar-refractivity contribution in [1.82, 2.24) is 13.9 Å². The van der Waals surface area contributed by atoms with E-state index in [2.05, 4.69) is 17.4 Å². The molecular formula is C8H9N3O5S. The van der Waals surface area contributed by atoms with Gasteiger partial charge >= 0.3 is 17.5 Å². The Labute approximate surface area is 99.7 Å². The Morgan fingerprint density at radius 2 is 2.24 bits per heavy atom. The normalized spacial score (nSPS) is 17.8. The van der Waals surface area contributed by atoms with E-state index in [0.717, 1.165) is 13.9 Å². The Balaban J connectivity index is 2.58. The van der Waals surface area contributed by atoms with Crippen LogP contribution in [-0.2, 0) is 17.2 Å². The van der Waals surface area contributed by atoms with Crippen LogP contribution in [0.1, 0.15) is 6.23 Å². The van der Waals surface area contributed by atoms with E-state index in [1.54, 1.807) is 6.08 Å². The highest BCUT2D eigenvalue weighted by Crippen LogP contribution is 2.11. The number of hydrogen-bond donors (Lipinski definition) is 2. The van der Waals surface area contributed by atoms with Crippen LogP contribution in [-0.4, -0.2) is 25.2 Å². The molecule has 0 bridgehead atoms. The van der Waals surface area contributed by atoms with Crippen molar-refractivity contribution in [2.75, 3.05) is 0 Å². The quantitative estimate of drug-likeness (QED) is 0.422. The number of carboxylic acid groups (broad SMARTS) is 1. The van der Waals surface area contributed by atoms with Gasteiger partial charge in [-0.05, 0) is 6.08 Å². The summed E-state index contributed by atoms with van der Waals surface area (Å²) in [6, 6.07) is 0. The molecule has 8 nitrogen and oxygen atoms in total. The van der Waals surface area contributed by atoms with E-state index >= 15 is 0 Å². The molecule has 0 aliphatic carbocycles. The largest absolute Gasteiger partial charge is 0.508 e. The zero-order valence-corrected chi connectivity index (χ0v) is 9.41. The number of allylic oxidation sites excluding steroid dienone is 1. The van der Waals surface area contributed by atoms with Crippen LogP contribution in [0.15, 0.2) is 21.7 Å². The summed E-state index contributed by atoms with van der Waals surface area (Å²) in [5, 5.41) is 8.53. The molecule has 0 radical (unpaired) electrons. The van der Waals surface area contributed by atoms with Crippen molar-refractivity contribution in [2.24, 2.45) is 0 Å². The van der Waals surface area contributed by atoms with Crippen molar-refractivity contribution >= 4 is 18.8 Å². The lowest BCUT2D eigenvalue weighted by Crippen LogP contribution is -2.34. The number of fused-ring (bicyclic) bond motifs is 1. The zero-order chi connectivity index (χ0) is 12.6. The Kier molecular flexibility index (Phi) is 2.84. The molecule has 1 unspecified atom stereocenters. The van der Waals surface area contributed by atoms with Gasteiger partial charge in [0.25, 0.3) is 0 Å². The fourth-order valence-corrected chi connectivity index (χ4v) is 1.87. The molecule has 1 atom stereocenters. The van der Waals surface area contributed by atoms with Crippen LogP contribution >= 0.6 is 12.6 Å². The summed E-state index contributed by atoms with van der Waals surface area (Å²) in [7, 11) is 0. The maximum absolute atomic E-state index is 11.8. The van der Waals surface area contributed by atoms with Crippen molar-refractivity contribution in [3.8, 4) is 0 Å². The van der Waals surface area contributed by atoms with Crippen molar-refractivity contribution < 1.29 is 14.6 Å². The highest BCUT2D eigenvalue weighted by molar-refractivity contribution is 7.79. The van der Waals surface area contributed by atoms with Crippen LogP contribution in [0.3, 0.4) is 0 Å². The summed E-state index contributed by atoms with van der Waals surface area (Å²) < 4.78 is 7.44. The number of ether oxygens (including phenoxy) is 1. The van der Waals surface area contributed by atoms with Crippen LogP contribution in [0.5, 0.6) is 0 Å². The highest BCUT2D eigenvalue weighted by Gasteiger charge is 2.25. The van der Waals surface area contributed by atoms with Crippen LogP contribution in [0.25, 0.3) is 0 Å². The van der Waals surface area contributed by atoms with Crippen molar-refractivity contribution in [1.29, 1.82) is 0 Å². The molecule has 0 aromatic carbocycles. The van der Waals surface area contributed by atoms with Gasteiger partial charge in [0.1, 0.15) is 0 Å². The summed E-state index contributed by atoms with van der Waals surface area (Å²) in [6.07, 6.45) is 0.309. The summed E-state index contributed by atoms with van der Waals surface area (Å²) in [5.74, 6) is -0.0789. The highest BCUT2D eigenvalue weighted by atomic mass is 32.1. The van der Waals surface area contributed by atoms with Gasteiger partial charge in [-0.3, -0.25) is 0 Å². The van der Waals surface area contributed by atoms with Crippen LogP contribution in [0.2, 0.25) is 0 Å². The first kappa shape index (κ1) is 11.6. The van der Waals surface area contributed by atoms with E-state index in [4.69, 9.17) is 5.11 Å². The van der Waals surface area contributed by atoms with Crippen LogP contribution in [0.4, 0.5) is 4.79 Å². The third kappa shape index (κ3) is 1.78. The van der Waals surface area contributed by atoms with Gasteiger partial charge < -0.3 is 9.84 Å². The fourth-order valence-electron chi connectivity index (χ4n) is 1.62. The first-order chi connectivity index (χ1) is 8.06. The predicted molar refractivity (Wildman–Crippen MR) is 59.2 cm³/mol.